The van der Waals surface area contributed by atoms with Gasteiger partial charge in [0.2, 0.25) is 5.75 Å². The maximum Gasteiger partial charge on any atom is 0.284 e. The van der Waals surface area contributed by atoms with Gasteiger partial charge in [-0.05, 0) is 36.4 Å². The van der Waals surface area contributed by atoms with E-state index in [1.165, 1.54) is 39.2 Å². The number of hydrogen-bond acceptors (Lipinski definition) is 8. The largest absolute Gasteiger partial charge is 0.493 e. The first-order valence-electron chi connectivity index (χ1n) is 8.18. The lowest BCUT2D eigenvalue weighted by molar-refractivity contribution is -0.384. The average molecular weight is 402 g/mol. The highest BCUT2D eigenvalue weighted by molar-refractivity contribution is 7.99. The van der Waals surface area contributed by atoms with Gasteiger partial charge >= 0.3 is 0 Å². The molecule has 9 heteroatoms. The van der Waals surface area contributed by atoms with Crippen molar-refractivity contribution in [1.29, 1.82) is 0 Å². The Bertz CT molecular complexity index is 1020. The number of nitro groups is 1. The van der Waals surface area contributed by atoms with Gasteiger partial charge in [0, 0.05) is 4.90 Å². The van der Waals surface area contributed by atoms with Crippen LogP contribution in [0.3, 0.4) is 0 Å². The molecule has 0 unspecified atom stereocenters. The van der Waals surface area contributed by atoms with E-state index in [-0.39, 0.29) is 11.3 Å². The molecular weight excluding hydrogens is 384 g/mol. The second-order valence-electron chi connectivity index (χ2n) is 5.67. The van der Waals surface area contributed by atoms with E-state index in [2.05, 4.69) is 4.98 Å². The second kappa shape index (κ2) is 8.32. The summed E-state index contributed by atoms with van der Waals surface area (Å²) in [6, 6.07) is 10.1. The first-order chi connectivity index (χ1) is 13.5. The smallest absolute Gasteiger partial charge is 0.284 e. The van der Waals surface area contributed by atoms with Crippen LogP contribution in [0.2, 0.25) is 0 Å². The molecule has 3 aromatic rings. The quantitative estimate of drug-likeness (QED) is 0.470. The van der Waals surface area contributed by atoms with E-state index in [9.17, 15) is 15.2 Å². The van der Waals surface area contributed by atoms with Crippen LogP contribution < -0.4 is 14.2 Å². The van der Waals surface area contributed by atoms with Crippen molar-refractivity contribution in [3.63, 3.8) is 0 Å². The fourth-order valence-corrected chi connectivity index (χ4v) is 3.71. The Morgan fingerprint density at radius 3 is 2.29 bits per heavy atom. The molecule has 0 amide bonds. The molecule has 1 heterocycles. The van der Waals surface area contributed by atoms with Crippen molar-refractivity contribution in [1.82, 2.24) is 4.98 Å². The molecule has 28 heavy (non-hydrogen) atoms. The molecule has 2 aromatic carbocycles. The van der Waals surface area contributed by atoms with Crippen LogP contribution in [0, 0.1) is 10.1 Å². The minimum Gasteiger partial charge on any atom is -0.493 e. The van der Waals surface area contributed by atoms with Gasteiger partial charge in [-0.3, -0.25) is 10.1 Å². The van der Waals surface area contributed by atoms with Gasteiger partial charge in [0.05, 0.1) is 49.3 Å². The van der Waals surface area contributed by atoms with Crippen LogP contribution in [-0.2, 0) is 6.61 Å². The SMILES string of the molecule is COc1cc(Sc2ccc3c([N+](=O)[O-])c(CO)ccc3n2)cc(OC)c1OC. The Labute approximate surface area is 165 Å². The normalized spacial score (nSPS) is 10.7. The number of aromatic nitrogens is 1. The van der Waals surface area contributed by atoms with E-state index in [0.29, 0.717) is 33.2 Å². The zero-order valence-electron chi connectivity index (χ0n) is 15.5. The predicted molar refractivity (Wildman–Crippen MR) is 105 cm³/mol. The molecule has 0 aliphatic rings. The molecule has 0 radical (unpaired) electrons. The highest BCUT2D eigenvalue weighted by atomic mass is 32.2. The van der Waals surface area contributed by atoms with Crippen LogP contribution >= 0.6 is 11.8 Å². The van der Waals surface area contributed by atoms with Gasteiger partial charge in [-0.25, -0.2) is 4.98 Å². The summed E-state index contributed by atoms with van der Waals surface area (Å²) in [6.45, 7) is -0.409. The van der Waals surface area contributed by atoms with Crippen molar-refractivity contribution in [2.45, 2.75) is 16.5 Å². The number of pyridine rings is 1. The molecule has 0 fully saturated rings. The lowest BCUT2D eigenvalue weighted by atomic mass is 10.1. The standard InChI is InChI=1S/C19H18N2O6S/c1-25-15-8-12(9-16(26-2)19(15)27-3)28-17-7-5-13-14(20-17)6-4-11(10-22)18(13)21(23)24/h4-9,22H,10H2,1-3H3. The molecule has 1 N–H and O–H groups in total. The lowest BCUT2D eigenvalue weighted by Gasteiger charge is -2.13. The van der Waals surface area contributed by atoms with Crippen LogP contribution in [0.5, 0.6) is 17.2 Å². The Hall–Kier alpha value is -3.04. The highest BCUT2D eigenvalue weighted by Gasteiger charge is 2.19. The Morgan fingerprint density at radius 2 is 1.75 bits per heavy atom. The summed E-state index contributed by atoms with van der Waals surface area (Å²) in [4.78, 5) is 16.2. The number of hydrogen-bond donors (Lipinski definition) is 1. The molecule has 1 aromatic heterocycles. The zero-order chi connectivity index (χ0) is 20.3. The molecule has 0 saturated carbocycles. The van der Waals surface area contributed by atoms with Crippen LogP contribution in [0.1, 0.15) is 5.56 Å². The summed E-state index contributed by atoms with van der Waals surface area (Å²) in [5.41, 5.74) is 0.600. The van der Waals surface area contributed by atoms with Gasteiger partial charge in [0.25, 0.3) is 5.69 Å². The number of aliphatic hydroxyl groups is 1. The first-order valence-corrected chi connectivity index (χ1v) is 8.99. The van der Waals surface area contributed by atoms with E-state index in [4.69, 9.17) is 14.2 Å². The molecule has 0 spiro atoms. The number of benzene rings is 2. The number of rotatable bonds is 7. The third-order valence-electron chi connectivity index (χ3n) is 4.11. The number of aliphatic hydroxyl groups excluding tert-OH is 1. The van der Waals surface area contributed by atoms with Crippen molar-refractivity contribution in [3.8, 4) is 17.2 Å². The van der Waals surface area contributed by atoms with E-state index >= 15 is 0 Å². The molecule has 0 bridgehead atoms. The minimum absolute atomic E-state index is 0.128. The summed E-state index contributed by atoms with van der Waals surface area (Å²) >= 11 is 1.36. The fraction of sp³-hybridized carbons (Fsp3) is 0.211. The average Bonchev–Trinajstić information content (AvgIpc) is 2.71. The van der Waals surface area contributed by atoms with Crippen LogP contribution in [0.15, 0.2) is 46.3 Å². The van der Waals surface area contributed by atoms with Crippen LogP contribution in [0.25, 0.3) is 10.9 Å². The summed E-state index contributed by atoms with van der Waals surface area (Å²) < 4.78 is 16.0. The summed E-state index contributed by atoms with van der Waals surface area (Å²) in [7, 11) is 4.61. The minimum atomic E-state index is -0.498. The Kier molecular flexibility index (Phi) is 5.86. The topological polar surface area (TPSA) is 104 Å². The van der Waals surface area contributed by atoms with Gasteiger partial charge in [0.15, 0.2) is 11.5 Å². The molecule has 0 aliphatic carbocycles. The van der Waals surface area contributed by atoms with Crippen molar-refractivity contribution in [3.05, 3.63) is 52.1 Å². The zero-order valence-corrected chi connectivity index (χ0v) is 16.3. The van der Waals surface area contributed by atoms with E-state index in [1.54, 1.807) is 30.3 Å². The van der Waals surface area contributed by atoms with Crippen molar-refractivity contribution in [2.75, 3.05) is 21.3 Å². The predicted octanol–water partition coefficient (Wildman–Crippen LogP) is 3.81. The molecule has 0 saturated heterocycles. The fourth-order valence-electron chi connectivity index (χ4n) is 2.85. The number of methoxy groups -OCH3 is 3. The highest BCUT2D eigenvalue weighted by Crippen LogP contribution is 2.42. The second-order valence-corrected chi connectivity index (χ2v) is 6.76. The number of fused-ring (bicyclic) bond motifs is 1. The van der Waals surface area contributed by atoms with Gasteiger partial charge < -0.3 is 19.3 Å². The van der Waals surface area contributed by atoms with Gasteiger partial charge in [-0.15, -0.1) is 0 Å². The third kappa shape index (κ3) is 3.67. The summed E-state index contributed by atoms with van der Waals surface area (Å²) in [5.74, 6) is 1.54. The van der Waals surface area contributed by atoms with E-state index in [0.717, 1.165) is 4.90 Å². The lowest BCUT2D eigenvalue weighted by Crippen LogP contribution is -1.98. The van der Waals surface area contributed by atoms with Crippen LogP contribution in [0.4, 0.5) is 5.69 Å². The molecule has 8 nitrogen and oxygen atoms in total. The van der Waals surface area contributed by atoms with Gasteiger partial charge in [-0.2, -0.15) is 0 Å². The monoisotopic (exact) mass is 402 g/mol. The molecule has 3 rings (SSSR count). The summed E-state index contributed by atoms with van der Waals surface area (Å²) in [5, 5.41) is 21.8. The van der Waals surface area contributed by atoms with Crippen molar-refractivity contribution in [2.24, 2.45) is 0 Å². The van der Waals surface area contributed by atoms with Gasteiger partial charge in [-0.1, -0.05) is 11.8 Å². The summed E-state index contributed by atoms with van der Waals surface area (Å²) in [6.07, 6.45) is 0. The molecule has 0 aliphatic heterocycles. The Morgan fingerprint density at radius 1 is 1.07 bits per heavy atom. The first kappa shape index (κ1) is 19.7. The van der Waals surface area contributed by atoms with E-state index in [1.807, 2.05) is 0 Å². The molecule has 0 atom stereocenters. The van der Waals surface area contributed by atoms with Crippen molar-refractivity contribution < 1.29 is 24.2 Å². The number of nitrogens with zero attached hydrogens (tertiary/aromatic N) is 2. The maximum absolute atomic E-state index is 11.4. The third-order valence-corrected chi connectivity index (χ3v) is 5.02. The van der Waals surface area contributed by atoms with Crippen LogP contribution in [-0.4, -0.2) is 36.3 Å². The van der Waals surface area contributed by atoms with E-state index < -0.39 is 11.5 Å². The van der Waals surface area contributed by atoms with Crippen molar-refractivity contribution >= 4 is 28.4 Å². The number of nitro benzene ring substituents is 1. The molecule has 146 valence electrons. The maximum atomic E-state index is 11.4. The molecular formula is C19H18N2O6S. The number of ether oxygens (including phenoxy) is 3. The van der Waals surface area contributed by atoms with Gasteiger partial charge in [0.1, 0.15) is 5.03 Å². The Balaban J connectivity index is 2.03.